The number of hydrogen-bond acceptors (Lipinski definition) is 4. The average molecular weight is 288 g/mol. The fourth-order valence-electron chi connectivity index (χ4n) is 2.96. The highest BCUT2D eigenvalue weighted by atomic mass is 16.6. The third-order valence-corrected chi connectivity index (χ3v) is 4.01. The highest BCUT2D eigenvalue weighted by molar-refractivity contribution is 5.76. The van der Waals surface area contributed by atoms with E-state index in [1.54, 1.807) is 12.1 Å². The van der Waals surface area contributed by atoms with E-state index < -0.39 is 4.92 Å². The third-order valence-electron chi connectivity index (χ3n) is 4.01. The summed E-state index contributed by atoms with van der Waals surface area (Å²) in [5.74, 6) is 0. The molecule has 0 amide bonds. The molecule has 1 unspecified atom stereocenters. The lowest BCUT2D eigenvalue weighted by Crippen LogP contribution is -2.02. The van der Waals surface area contributed by atoms with Gasteiger partial charge >= 0.3 is 0 Å². The highest BCUT2D eigenvalue weighted by Gasteiger charge is 2.27. The quantitative estimate of drug-likeness (QED) is 0.311. The molecule has 0 radical (unpaired) electrons. The van der Waals surface area contributed by atoms with Crippen molar-refractivity contribution in [3.63, 3.8) is 0 Å². The molecule has 5 heteroatoms. The lowest BCUT2D eigenvalue weighted by atomic mass is 9.96. The van der Waals surface area contributed by atoms with Gasteiger partial charge in [-0.2, -0.15) is 4.91 Å². The lowest BCUT2D eigenvalue weighted by molar-refractivity contribution is -0.384. The van der Waals surface area contributed by atoms with Crippen LogP contribution in [0.4, 0.5) is 5.69 Å². The summed E-state index contributed by atoms with van der Waals surface area (Å²) in [6.07, 6.45) is 5.95. The Labute approximate surface area is 124 Å². The highest BCUT2D eigenvalue weighted by Crippen LogP contribution is 2.39. The first-order chi connectivity index (χ1) is 10.2. The van der Waals surface area contributed by atoms with Gasteiger partial charge in [0.25, 0.3) is 5.69 Å². The zero-order valence-corrected chi connectivity index (χ0v) is 12.2. The van der Waals surface area contributed by atoms with E-state index in [-0.39, 0.29) is 11.7 Å². The average Bonchev–Trinajstić information content (AvgIpc) is 2.90. The molecular weight excluding hydrogens is 268 g/mol. The fourth-order valence-corrected chi connectivity index (χ4v) is 2.96. The summed E-state index contributed by atoms with van der Waals surface area (Å²) in [6.45, 7) is 2.15. The van der Waals surface area contributed by atoms with Crippen molar-refractivity contribution in [2.45, 2.75) is 51.5 Å². The Morgan fingerprint density at radius 1 is 1.38 bits per heavy atom. The molecular formula is C16H20N2O3. The molecule has 0 saturated carbocycles. The van der Waals surface area contributed by atoms with Crippen molar-refractivity contribution in [2.75, 3.05) is 0 Å². The largest absolute Gasteiger partial charge is 0.270 e. The predicted molar refractivity (Wildman–Crippen MR) is 83.0 cm³/mol. The van der Waals surface area contributed by atoms with E-state index in [0.717, 1.165) is 49.7 Å². The second kappa shape index (κ2) is 7.11. The fraction of sp³-hybridized carbons (Fsp3) is 0.500. The smallest absolute Gasteiger partial charge is 0.258 e. The minimum atomic E-state index is -0.404. The number of nitroso groups, excluding NO2 is 1. The Kier molecular flexibility index (Phi) is 5.20. The number of benzene rings is 1. The van der Waals surface area contributed by atoms with Crippen molar-refractivity contribution >= 4 is 11.3 Å². The van der Waals surface area contributed by atoms with Crippen molar-refractivity contribution in [1.29, 1.82) is 0 Å². The van der Waals surface area contributed by atoms with Gasteiger partial charge < -0.3 is 0 Å². The molecule has 1 aliphatic carbocycles. The molecule has 5 nitrogen and oxygen atoms in total. The molecule has 0 spiro atoms. The number of allylic oxidation sites excluding steroid dienone is 1. The molecule has 0 heterocycles. The van der Waals surface area contributed by atoms with Gasteiger partial charge in [-0.15, -0.1) is 0 Å². The summed E-state index contributed by atoms with van der Waals surface area (Å²) in [5.41, 5.74) is 3.00. The van der Waals surface area contributed by atoms with E-state index in [4.69, 9.17) is 0 Å². The van der Waals surface area contributed by atoms with Gasteiger partial charge in [0.1, 0.15) is 6.04 Å². The summed E-state index contributed by atoms with van der Waals surface area (Å²) in [4.78, 5) is 21.6. The van der Waals surface area contributed by atoms with Crippen LogP contribution in [0.1, 0.15) is 51.0 Å². The van der Waals surface area contributed by atoms with E-state index in [1.807, 2.05) is 6.07 Å². The Bertz CT molecular complexity index is 566. The zero-order valence-electron chi connectivity index (χ0n) is 12.2. The number of hydrogen-bond donors (Lipinski definition) is 0. The van der Waals surface area contributed by atoms with Gasteiger partial charge in [-0.05, 0) is 36.8 Å². The van der Waals surface area contributed by atoms with Gasteiger partial charge in [0, 0.05) is 12.1 Å². The van der Waals surface area contributed by atoms with E-state index >= 15 is 0 Å². The first-order valence-corrected chi connectivity index (χ1v) is 7.46. The van der Waals surface area contributed by atoms with Gasteiger partial charge in [-0.1, -0.05) is 42.6 Å². The van der Waals surface area contributed by atoms with E-state index in [9.17, 15) is 15.0 Å². The van der Waals surface area contributed by atoms with Crippen molar-refractivity contribution < 1.29 is 4.92 Å². The minimum absolute atomic E-state index is 0.0597. The maximum atomic E-state index is 11.1. The summed E-state index contributed by atoms with van der Waals surface area (Å²) >= 11 is 0. The number of nitro groups is 1. The van der Waals surface area contributed by atoms with Crippen LogP contribution in [-0.4, -0.2) is 11.0 Å². The maximum Gasteiger partial charge on any atom is 0.270 e. The SMILES string of the molecule is CCCCCC1=C(c2cccc([N+](=O)[O-])c2)C(N=O)CC1. The van der Waals surface area contributed by atoms with Gasteiger partial charge in [-0.3, -0.25) is 10.1 Å². The Morgan fingerprint density at radius 2 is 2.19 bits per heavy atom. The molecule has 112 valence electrons. The summed E-state index contributed by atoms with van der Waals surface area (Å²) in [6, 6.07) is 6.18. The van der Waals surface area contributed by atoms with Crippen LogP contribution in [-0.2, 0) is 0 Å². The number of non-ortho nitro benzene ring substituents is 1. The minimum Gasteiger partial charge on any atom is -0.258 e. The van der Waals surface area contributed by atoms with Gasteiger partial charge in [0.2, 0.25) is 0 Å². The molecule has 0 bridgehead atoms. The van der Waals surface area contributed by atoms with Crippen LogP contribution in [0.2, 0.25) is 0 Å². The molecule has 1 aromatic carbocycles. The van der Waals surface area contributed by atoms with Crippen LogP contribution < -0.4 is 0 Å². The summed E-state index contributed by atoms with van der Waals surface area (Å²) < 4.78 is 0. The first-order valence-electron chi connectivity index (χ1n) is 7.46. The Morgan fingerprint density at radius 3 is 2.86 bits per heavy atom. The summed E-state index contributed by atoms with van der Waals surface area (Å²) in [7, 11) is 0. The number of unbranched alkanes of at least 4 members (excludes halogenated alkanes) is 2. The van der Waals surface area contributed by atoms with Crippen molar-refractivity contribution in [1.82, 2.24) is 0 Å². The predicted octanol–water partition coefficient (Wildman–Crippen LogP) is 4.86. The molecule has 21 heavy (non-hydrogen) atoms. The molecule has 2 rings (SSSR count). The van der Waals surface area contributed by atoms with Crippen LogP contribution in [0.15, 0.2) is 35.0 Å². The lowest BCUT2D eigenvalue weighted by Gasteiger charge is -2.10. The molecule has 1 aliphatic rings. The standard InChI is InChI=1S/C16H20N2O3/c1-2-3-4-6-12-9-10-15(17-19)16(12)13-7-5-8-14(11-13)18(20)21/h5,7-8,11,15H,2-4,6,9-10H2,1H3. The molecule has 1 aromatic rings. The van der Waals surface area contributed by atoms with Crippen molar-refractivity contribution in [3.05, 3.63) is 50.4 Å². The van der Waals surface area contributed by atoms with E-state index in [1.165, 1.54) is 11.6 Å². The zero-order chi connectivity index (χ0) is 15.2. The Balaban J connectivity index is 2.34. The molecule has 0 N–H and O–H groups in total. The first kappa shape index (κ1) is 15.4. The topological polar surface area (TPSA) is 72.6 Å². The van der Waals surface area contributed by atoms with Gasteiger partial charge in [-0.25, -0.2) is 0 Å². The Hall–Kier alpha value is -2.04. The van der Waals surface area contributed by atoms with Crippen LogP contribution in [0.3, 0.4) is 0 Å². The second-order valence-electron chi connectivity index (χ2n) is 5.44. The summed E-state index contributed by atoms with van der Waals surface area (Å²) in [5, 5.41) is 14.1. The van der Waals surface area contributed by atoms with Gasteiger partial charge in [0.15, 0.2) is 0 Å². The third kappa shape index (κ3) is 3.54. The van der Waals surface area contributed by atoms with Crippen molar-refractivity contribution in [3.8, 4) is 0 Å². The number of nitro benzene ring substituents is 1. The monoisotopic (exact) mass is 288 g/mol. The second-order valence-corrected chi connectivity index (χ2v) is 5.44. The normalized spacial score (nSPS) is 18.0. The van der Waals surface area contributed by atoms with Gasteiger partial charge in [0.05, 0.1) is 4.92 Å². The molecule has 0 aliphatic heterocycles. The number of rotatable bonds is 7. The number of nitrogens with zero attached hydrogens (tertiary/aromatic N) is 2. The molecule has 1 atom stereocenters. The molecule has 0 saturated heterocycles. The van der Waals surface area contributed by atoms with E-state index in [0.29, 0.717) is 0 Å². The molecule has 0 aromatic heterocycles. The maximum absolute atomic E-state index is 11.1. The molecule has 0 fully saturated rings. The van der Waals surface area contributed by atoms with Crippen molar-refractivity contribution in [2.24, 2.45) is 5.18 Å². The van der Waals surface area contributed by atoms with Crippen LogP contribution in [0.25, 0.3) is 5.57 Å². The van der Waals surface area contributed by atoms with Crippen LogP contribution in [0.5, 0.6) is 0 Å². The van der Waals surface area contributed by atoms with Crippen LogP contribution in [0, 0.1) is 15.0 Å². The van der Waals surface area contributed by atoms with Crippen LogP contribution >= 0.6 is 0 Å². The van der Waals surface area contributed by atoms with E-state index in [2.05, 4.69) is 12.1 Å².